The van der Waals surface area contributed by atoms with Crippen LogP contribution in [-0.4, -0.2) is 27.0 Å². The molecule has 1 aliphatic heterocycles. The molecule has 1 saturated heterocycles. The zero-order chi connectivity index (χ0) is 23.5. The van der Waals surface area contributed by atoms with Crippen LogP contribution in [0.15, 0.2) is 60.7 Å². The molecule has 3 nitrogen and oxygen atoms in total. The molecule has 174 valence electrons. The monoisotopic (exact) mass is 454 g/mol. The lowest BCUT2D eigenvalue weighted by molar-refractivity contribution is -0.152. The van der Waals surface area contributed by atoms with Crippen molar-refractivity contribution < 1.29 is 15.3 Å². The van der Waals surface area contributed by atoms with Gasteiger partial charge in [0.2, 0.25) is 0 Å². The molecular weight excluding hydrogens is 412 g/mol. The molecule has 1 heterocycles. The maximum absolute atomic E-state index is 12.8. The van der Waals surface area contributed by atoms with Crippen LogP contribution in [0.5, 0.6) is 0 Å². The van der Waals surface area contributed by atoms with Gasteiger partial charge >= 0.3 is 5.97 Å². The molecule has 0 spiro atoms. The summed E-state index contributed by atoms with van der Waals surface area (Å²) < 4.78 is 21.0. The number of benzene rings is 2. The Kier molecular flexibility index (Phi) is 9.41. The van der Waals surface area contributed by atoms with Crippen molar-refractivity contribution >= 4 is 24.7 Å². The van der Waals surface area contributed by atoms with E-state index in [-0.39, 0.29) is 24.4 Å². The van der Waals surface area contributed by atoms with Crippen molar-refractivity contribution in [3.63, 3.8) is 0 Å². The summed E-state index contributed by atoms with van der Waals surface area (Å²) in [5.41, 5.74) is 0. The Bertz CT molecular complexity index is 790. The van der Waals surface area contributed by atoms with E-state index in [2.05, 4.69) is 74.5 Å². The fourth-order valence-corrected chi connectivity index (χ4v) is 8.95. The van der Waals surface area contributed by atoms with Gasteiger partial charge in [0, 0.05) is 14.4 Å². The van der Waals surface area contributed by atoms with E-state index in [4.69, 9.17) is 10.5 Å². The molecule has 2 aromatic carbocycles. The van der Waals surface area contributed by atoms with E-state index in [0.29, 0.717) is 13.0 Å². The van der Waals surface area contributed by atoms with E-state index in [9.17, 15) is 4.79 Å². The average molecular weight is 455 g/mol. The summed E-state index contributed by atoms with van der Waals surface area (Å²) in [7, 11) is -2.48. The van der Waals surface area contributed by atoms with Crippen molar-refractivity contribution in [3.05, 3.63) is 60.7 Å². The van der Waals surface area contributed by atoms with Crippen LogP contribution < -0.4 is 10.4 Å². The average Bonchev–Trinajstić information content (AvgIpc) is 2.89. The highest BCUT2D eigenvalue weighted by Gasteiger charge is 2.40. The number of cyclic esters (lactones) is 1. The first-order valence-electron chi connectivity index (χ1n) is 13.0. The Morgan fingerprint density at radius 2 is 1.66 bits per heavy atom. The smallest absolute Gasteiger partial charge is 0.306 e. The minimum Gasteiger partial charge on any atom is -0.462 e. The minimum atomic E-state index is -2.48. The van der Waals surface area contributed by atoms with Gasteiger partial charge in [-0.05, 0) is 48.0 Å². The van der Waals surface area contributed by atoms with Gasteiger partial charge in [-0.15, -0.1) is 0 Å². The lowest BCUT2D eigenvalue weighted by Crippen LogP contribution is -2.61. The number of hydrogen-bond acceptors (Lipinski definition) is 3. The summed E-state index contributed by atoms with van der Waals surface area (Å²) in [6.45, 7) is 4.86. The second-order valence-electron chi connectivity index (χ2n) is 8.87. The number of esters is 1. The van der Waals surface area contributed by atoms with Crippen molar-refractivity contribution in [2.45, 2.75) is 83.8 Å². The van der Waals surface area contributed by atoms with E-state index in [1.54, 1.807) is 0 Å². The predicted molar refractivity (Wildman–Crippen MR) is 135 cm³/mol. The minimum absolute atomic E-state index is 0.00262. The summed E-state index contributed by atoms with van der Waals surface area (Å²) in [6.07, 6.45) is 6.64. The molecule has 0 N–H and O–H groups in total. The Hall–Kier alpha value is -1.91. The lowest BCUT2D eigenvalue weighted by atomic mass is 9.90. The number of carbonyl (C=O) groups is 1. The number of hydrogen-bond donors (Lipinski definition) is 0. The molecule has 32 heavy (non-hydrogen) atoms. The van der Waals surface area contributed by atoms with Crippen LogP contribution in [0.1, 0.15) is 73.0 Å². The fourth-order valence-electron chi connectivity index (χ4n) is 4.96. The largest absolute Gasteiger partial charge is 0.462 e. The van der Waals surface area contributed by atoms with Gasteiger partial charge in [0.05, 0.1) is 0 Å². The Morgan fingerprint density at radius 1 is 1.00 bits per heavy atom. The van der Waals surface area contributed by atoms with Crippen LogP contribution in [0, 0.1) is 5.92 Å². The van der Waals surface area contributed by atoms with Gasteiger partial charge in [0.15, 0.2) is 0 Å². The van der Waals surface area contributed by atoms with E-state index in [0.717, 1.165) is 51.0 Å². The standard InChI is InChI=1S/C28H40O3Si/c1-3-5-6-9-15-24-21-22-30-32(25-16-10-7-11-17-25,26-18-12-8-13-19-26)23-14-20-28(29)31-27(24)4-2/h7-8,10-13,16-19,24,27H,3-6,9,14-15,20-23H2,1-2H3/t24-,27-/m1/s1/i5T/t5?,24-,27-. The second kappa shape index (κ2) is 13.0. The topological polar surface area (TPSA) is 35.5 Å². The number of carbonyl (C=O) groups excluding carboxylic acids is 1. The quantitative estimate of drug-likeness (QED) is 0.370. The van der Waals surface area contributed by atoms with Crippen molar-refractivity contribution in [3.8, 4) is 0 Å². The third-order valence-electron chi connectivity index (χ3n) is 6.71. The molecule has 0 aliphatic carbocycles. The molecule has 1 fully saturated rings. The number of rotatable bonds is 8. The van der Waals surface area contributed by atoms with Gasteiger partial charge in [-0.3, -0.25) is 4.79 Å². The first-order chi connectivity index (χ1) is 16.1. The molecule has 3 atom stereocenters. The van der Waals surface area contributed by atoms with Crippen molar-refractivity contribution in [2.24, 2.45) is 5.92 Å². The van der Waals surface area contributed by atoms with Crippen LogP contribution in [0.2, 0.25) is 6.04 Å². The molecule has 1 aliphatic rings. The fraction of sp³-hybridized carbons (Fsp3) is 0.536. The predicted octanol–water partition coefficient (Wildman–Crippen LogP) is 5.86. The first kappa shape index (κ1) is 23.3. The summed E-state index contributed by atoms with van der Waals surface area (Å²) in [5.74, 6) is 0.198. The third kappa shape index (κ3) is 6.55. The molecule has 3 rings (SSSR count). The van der Waals surface area contributed by atoms with Gasteiger partial charge in [0.1, 0.15) is 6.10 Å². The molecule has 0 bridgehead atoms. The molecular formula is C28H40O3Si. The third-order valence-corrected chi connectivity index (χ3v) is 11.0. The van der Waals surface area contributed by atoms with Crippen LogP contribution in [-0.2, 0) is 14.0 Å². The van der Waals surface area contributed by atoms with Gasteiger partial charge in [0.25, 0.3) is 8.32 Å². The molecule has 0 amide bonds. The molecule has 0 saturated carbocycles. The van der Waals surface area contributed by atoms with E-state index in [1.165, 1.54) is 10.4 Å². The summed E-state index contributed by atoms with van der Waals surface area (Å²) in [4.78, 5) is 12.8. The van der Waals surface area contributed by atoms with E-state index in [1.807, 2.05) is 0 Å². The maximum Gasteiger partial charge on any atom is 0.306 e. The highest BCUT2D eigenvalue weighted by molar-refractivity contribution is 6.97. The molecule has 1 unspecified atom stereocenters. The van der Waals surface area contributed by atoms with Crippen LogP contribution >= 0.6 is 0 Å². The van der Waals surface area contributed by atoms with E-state index < -0.39 is 8.32 Å². The maximum atomic E-state index is 12.8. The molecule has 2 aromatic rings. The summed E-state index contributed by atoms with van der Waals surface area (Å²) >= 11 is 0. The first-order valence-corrected chi connectivity index (χ1v) is 14.6. The molecule has 4 heteroatoms. The molecule has 0 aromatic heterocycles. The Morgan fingerprint density at radius 3 is 2.25 bits per heavy atom. The normalized spacial score (nSPS) is 23.4. The highest BCUT2D eigenvalue weighted by atomic mass is 28.4. The number of ether oxygens (including phenoxy) is 1. The van der Waals surface area contributed by atoms with Gasteiger partial charge < -0.3 is 9.16 Å². The zero-order valence-corrected chi connectivity index (χ0v) is 20.8. The van der Waals surface area contributed by atoms with Gasteiger partial charge in [-0.1, -0.05) is 100 Å². The lowest BCUT2D eigenvalue weighted by Gasteiger charge is -2.33. The van der Waals surface area contributed by atoms with Crippen molar-refractivity contribution in [1.29, 1.82) is 0 Å². The summed E-state index contributed by atoms with van der Waals surface area (Å²) in [6, 6.07) is 22.1. The summed E-state index contributed by atoms with van der Waals surface area (Å²) in [5, 5.41) is 2.54. The Balaban J connectivity index is 1.87. The van der Waals surface area contributed by atoms with Crippen LogP contribution in [0.4, 0.5) is 0 Å². The zero-order valence-electron chi connectivity index (χ0n) is 20.8. The molecule has 0 radical (unpaired) electrons. The van der Waals surface area contributed by atoms with Gasteiger partial charge in [-0.25, -0.2) is 0 Å². The second-order valence-corrected chi connectivity index (χ2v) is 12.5. The Labute approximate surface area is 197 Å². The van der Waals surface area contributed by atoms with Crippen LogP contribution in [0.3, 0.4) is 0 Å². The SMILES string of the molecule is [3H]C(CC)CCC[C@@H]1CCO[Si](c2ccccc2)(c2ccccc2)CCCC(=O)O[C@@H]1CC. The van der Waals surface area contributed by atoms with Crippen molar-refractivity contribution in [2.75, 3.05) is 6.61 Å². The van der Waals surface area contributed by atoms with Crippen molar-refractivity contribution in [1.82, 2.24) is 0 Å². The highest BCUT2D eigenvalue weighted by Crippen LogP contribution is 2.27. The van der Waals surface area contributed by atoms with Crippen LogP contribution in [0.25, 0.3) is 0 Å². The van der Waals surface area contributed by atoms with Gasteiger partial charge in [-0.2, -0.15) is 0 Å². The van der Waals surface area contributed by atoms with E-state index >= 15 is 0 Å².